The average Bonchev–Trinajstić information content (AvgIpc) is 3.30. The molecule has 1 unspecified atom stereocenters. The van der Waals surface area contributed by atoms with Gasteiger partial charge in [0.1, 0.15) is 6.04 Å². The number of hydrogen-bond donors (Lipinski definition) is 1. The number of carboxylic acids is 1. The number of aromatic nitrogens is 1. The first-order valence-corrected chi connectivity index (χ1v) is 9.06. The third-order valence-corrected chi connectivity index (χ3v) is 4.85. The summed E-state index contributed by atoms with van der Waals surface area (Å²) >= 11 is 12.0. The molecule has 0 aliphatic heterocycles. The van der Waals surface area contributed by atoms with Gasteiger partial charge in [-0.05, 0) is 38.0 Å². The maximum absolute atomic E-state index is 12.5. The van der Waals surface area contributed by atoms with E-state index in [1.54, 1.807) is 24.4 Å². The normalized spacial score (nSPS) is 14.9. The van der Waals surface area contributed by atoms with Crippen LogP contribution in [0.4, 0.5) is 0 Å². The molecule has 1 saturated carbocycles. The van der Waals surface area contributed by atoms with E-state index in [-0.39, 0.29) is 18.4 Å². The van der Waals surface area contributed by atoms with Crippen LogP contribution >= 0.6 is 23.2 Å². The SMILES string of the molecule is CC(C(=O)O)N(C(=O)CCc1ncc(-c2ccc(Cl)cc2Cl)o1)C1CC1. The molecule has 6 nitrogen and oxygen atoms in total. The van der Waals surface area contributed by atoms with Crippen molar-refractivity contribution in [2.75, 3.05) is 0 Å². The predicted molar refractivity (Wildman–Crippen MR) is 97.2 cm³/mol. The zero-order chi connectivity index (χ0) is 18.8. The number of oxazole rings is 1. The monoisotopic (exact) mass is 396 g/mol. The Bertz CT molecular complexity index is 832. The minimum Gasteiger partial charge on any atom is -0.480 e. The topological polar surface area (TPSA) is 83.6 Å². The molecule has 26 heavy (non-hydrogen) atoms. The second-order valence-corrected chi connectivity index (χ2v) is 7.13. The van der Waals surface area contributed by atoms with Gasteiger partial charge in [-0.15, -0.1) is 0 Å². The number of carbonyl (C=O) groups excluding carboxylic acids is 1. The van der Waals surface area contributed by atoms with Crippen molar-refractivity contribution in [3.05, 3.63) is 40.3 Å². The summed E-state index contributed by atoms with van der Waals surface area (Å²) in [5.74, 6) is -0.308. The third kappa shape index (κ3) is 4.19. The summed E-state index contributed by atoms with van der Waals surface area (Å²) in [4.78, 5) is 29.3. The Hall–Kier alpha value is -2.05. The summed E-state index contributed by atoms with van der Waals surface area (Å²) in [5.41, 5.74) is 0.667. The smallest absolute Gasteiger partial charge is 0.326 e. The Morgan fingerprint density at radius 3 is 2.73 bits per heavy atom. The van der Waals surface area contributed by atoms with Crippen LogP contribution in [-0.2, 0) is 16.0 Å². The van der Waals surface area contributed by atoms with Gasteiger partial charge in [-0.1, -0.05) is 23.2 Å². The number of aryl methyl sites for hydroxylation is 1. The Morgan fingerprint density at radius 2 is 2.12 bits per heavy atom. The highest BCUT2D eigenvalue weighted by molar-refractivity contribution is 6.36. The van der Waals surface area contributed by atoms with Crippen LogP contribution in [0.15, 0.2) is 28.8 Å². The van der Waals surface area contributed by atoms with Gasteiger partial charge in [-0.3, -0.25) is 4.79 Å². The summed E-state index contributed by atoms with van der Waals surface area (Å²) in [6, 6.07) is 4.26. The number of hydrogen-bond acceptors (Lipinski definition) is 4. The Kier molecular flexibility index (Phi) is 5.53. The molecule has 1 heterocycles. The zero-order valence-electron chi connectivity index (χ0n) is 14.1. The second kappa shape index (κ2) is 7.68. The molecule has 1 N–H and O–H groups in total. The average molecular weight is 397 g/mol. The highest BCUT2D eigenvalue weighted by Crippen LogP contribution is 2.32. The molecule has 1 aromatic heterocycles. The second-order valence-electron chi connectivity index (χ2n) is 6.29. The van der Waals surface area contributed by atoms with Gasteiger partial charge in [0.05, 0.1) is 11.2 Å². The lowest BCUT2D eigenvalue weighted by molar-refractivity contribution is -0.150. The number of carboxylic acid groups (broad SMARTS) is 1. The van der Waals surface area contributed by atoms with E-state index in [0.29, 0.717) is 33.7 Å². The van der Waals surface area contributed by atoms with Crippen molar-refractivity contribution in [2.45, 2.75) is 44.7 Å². The molecule has 0 bridgehead atoms. The van der Waals surface area contributed by atoms with E-state index >= 15 is 0 Å². The van der Waals surface area contributed by atoms with E-state index in [0.717, 1.165) is 12.8 Å². The number of rotatable bonds is 7. The number of halogens is 2. The first-order chi connectivity index (χ1) is 12.4. The van der Waals surface area contributed by atoms with Crippen LogP contribution in [0.25, 0.3) is 11.3 Å². The van der Waals surface area contributed by atoms with Crippen LogP contribution in [0.3, 0.4) is 0 Å². The van der Waals surface area contributed by atoms with E-state index in [9.17, 15) is 14.7 Å². The van der Waals surface area contributed by atoms with E-state index in [4.69, 9.17) is 27.6 Å². The van der Waals surface area contributed by atoms with Gasteiger partial charge in [-0.2, -0.15) is 0 Å². The fourth-order valence-electron chi connectivity index (χ4n) is 2.79. The largest absolute Gasteiger partial charge is 0.480 e. The van der Waals surface area contributed by atoms with Gasteiger partial charge in [-0.25, -0.2) is 9.78 Å². The maximum atomic E-state index is 12.5. The highest BCUT2D eigenvalue weighted by atomic mass is 35.5. The molecule has 138 valence electrons. The molecule has 0 radical (unpaired) electrons. The van der Waals surface area contributed by atoms with Crippen LogP contribution in [0.1, 0.15) is 32.1 Å². The van der Waals surface area contributed by atoms with Gasteiger partial charge in [0.2, 0.25) is 5.91 Å². The lowest BCUT2D eigenvalue weighted by Crippen LogP contribution is -2.44. The summed E-state index contributed by atoms with van der Waals surface area (Å²) in [5, 5.41) is 10.2. The van der Waals surface area contributed by atoms with Gasteiger partial charge >= 0.3 is 5.97 Å². The highest BCUT2D eigenvalue weighted by Gasteiger charge is 2.38. The van der Waals surface area contributed by atoms with E-state index < -0.39 is 12.0 Å². The van der Waals surface area contributed by atoms with Crippen molar-refractivity contribution in [1.82, 2.24) is 9.88 Å². The quantitative estimate of drug-likeness (QED) is 0.762. The molecule has 2 aromatic rings. The third-order valence-electron chi connectivity index (χ3n) is 4.31. The minimum atomic E-state index is -0.999. The molecule has 8 heteroatoms. The van der Waals surface area contributed by atoms with Crippen molar-refractivity contribution in [3.63, 3.8) is 0 Å². The van der Waals surface area contributed by atoms with Crippen molar-refractivity contribution in [3.8, 4) is 11.3 Å². The molecular weight excluding hydrogens is 379 g/mol. The van der Waals surface area contributed by atoms with E-state index in [2.05, 4.69) is 4.98 Å². The number of amides is 1. The molecule has 1 amide bonds. The summed E-state index contributed by atoms with van der Waals surface area (Å²) in [6.45, 7) is 1.53. The molecule has 1 aliphatic carbocycles. The van der Waals surface area contributed by atoms with Crippen LogP contribution in [0.2, 0.25) is 10.0 Å². The minimum absolute atomic E-state index is 0.0293. The number of aliphatic carboxylic acids is 1. The number of nitrogens with zero attached hydrogens (tertiary/aromatic N) is 2. The Balaban J connectivity index is 1.66. The van der Waals surface area contributed by atoms with Crippen molar-refractivity contribution >= 4 is 35.1 Å². The molecule has 1 aromatic carbocycles. The Morgan fingerprint density at radius 1 is 1.38 bits per heavy atom. The maximum Gasteiger partial charge on any atom is 0.326 e. The fourth-order valence-corrected chi connectivity index (χ4v) is 3.29. The van der Waals surface area contributed by atoms with Crippen molar-refractivity contribution in [1.29, 1.82) is 0 Å². The lowest BCUT2D eigenvalue weighted by Gasteiger charge is -2.26. The number of carbonyl (C=O) groups is 2. The molecule has 1 fully saturated rings. The standard InChI is InChI=1S/C18H18Cl2N2O4/c1-10(18(24)25)22(12-3-4-12)17(23)7-6-16-21-9-15(26-16)13-5-2-11(19)8-14(13)20/h2,5,8-10,12H,3-4,6-7H2,1H3,(H,24,25). The van der Waals surface area contributed by atoms with E-state index in [1.807, 2.05) is 0 Å². The molecule has 3 rings (SSSR count). The first kappa shape index (κ1) is 18.7. The van der Waals surface area contributed by atoms with Gasteiger partial charge in [0.15, 0.2) is 11.7 Å². The fraction of sp³-hybridized carbons (Fsp3) is 0.389. The molecule has 0 spiro atoms. The van der Waals surface area contributed by atoms with Gasteiger partial charge in [0.25, 0.3) is 0 Å². The summed E-state index contributed by atoms with van der Waals surface area (Å²) < 4.78 is 5.68. The van der Waals surface area contributed by atoms with Crippen molar-refractivity contribution in [2.24, 2.45) is 0 Å². The lowest BCUT2D eigenvalue weighted by atomic mass is 10.2. The van der Waals surface area contributed by atoms with Crippen LogP contribution in [-0.4, -0.2) is 39.0 Å². The predicted octanol–water partition coefficient (Wildman–Crippen LogP) is 4.05. The first-order valence-electron chi connectivity index (χ1n) is 8.31. The van der Waals surface area contributed by atoms with Crippen molar-refractivity contribution < 1.29 is 19.1 Å². The van der Waals surface area contributed by atoms with Crippen LogP contribution in [0.5, 0.6) is 0 Å². The van der Waals surface area contributed by atoms with Gasteiger partial charge in [0, 0.05) is 29.5 Å². The molecular formula is C18H18Cl2N2O4. The molecule has 1 aliphatic rings. The summed E-state index contributed by atoms with van der Waals surface area (Å²) in [6.07, 6.45) is 3.68. The van der Waals surface area contributed by atoms with Crippen LogP contribution in [0, 0.1) is 0 Å². The molecule has 1 atom stereocenters. The van der Waals surface area contributed by atoms with Gasteiger partial charge < -0.3 is 14.4 Å². The zero-order valence-corrected chi connectivity index (χ0v) is 15.6. The Labute approximate surface area is 160 Å². The molecule has 0 saturated heterocycles. The number of benzene rings is 1. The van der Waals surface area contributed by atoms with E-state index in [1.165, 1.54) is 11.8 Å². The summed E-state index contributed by atoms with van der Waals surface area (Å²) in [7, 11) is 0. The van der Waals surface area contributed by atoms with Crippen LogP contribution < -0.4 is 0 Å².